The van der Waals surface area contributed by atoms with E-state index in [1.807, 2.05) is 73.1 Å². The van der Waals surface area contributed by atoms with Gasteiger partial charge in [0, 0.05) is 56.2 Å². The molecule has 6 heterocycles. The Morgan fingerprint density at radius 3 is 1.55 bits per heavy atom. The Balaban J connectivity index is 1.18. The third kappa shape index (κ3) is 4.95. The van der Waals surface area contributed by atoms with Crippen molar-refractivity contribution in [2.24, 2.45) is 0 Å². The van der Waals surface area contributed by atoms with Gasteiger partial charge in [0.2, 0.25) is 5.95 Å². The van der Waals surface area contributed by atoms with Gasteiger partial charge in [-0.15, -0.1) is 0 Å². The van der Waals surface area contributed by atoms with E-state index in [1.165, 1.54) is 10.8 Å². The van der Waals surface area contributed by atoms with Crippen molar-refractivity contribution in [3.05, 3.63) is 182 Å². The molecule has 270 valence electrons. The van der Waals surface area contributed by atoms with Crippen LogP contribution in [0.2, 0.25) is 0 Å². The van der Waals surface area contributed by atoms with Gasteiger partial charge in [0.15, 0.2) is 11.6 Å². The van der Waals surface area contributed by atoms with Gasteiger partial charge in [0.1, 0.15) is 11.2 Å². The molecule has 8 heteroatoms. The average Bonchev–Trinajstić information content (AvgIpc) is 3.87. The summed E-state index contributed by atoms with van der Waals surface area (Å²) in [5.41, 5.74) is 11.2. The number of para-hydroxylation sites is 2. The van der Waals surface area contributed by atoms with Crippen LogP contribution < -0.4 is 0 Å². The molecule has 0 unspecified atom stereocenters. The van der Waals surface area contributed by atoms with E-state index in [4.69, 9.17) is 19.9 Å². The molecule has 0 N–H and O–H groups in total. The number of nitrogens with zero attached hydrogens (tertiary/aromatic N) is 8. The molecule has 0 bridgehead atoms. The number of benzene rings is 6. The van der Waals surface area contributed by atoms with Crippen LogP contribution in [-0.2, 0) is 0 Å². The molecule has 0 atom stereocenters. The molecule has 8 nitrogen and oxygen atoms in total. The van der Waals surface area contributed by atoms with Gasteiger partial charge in [-0.1, -0.05) is 109 Å². The minimum Gasteiger partial charge on any atom is -0.292 e. The second kappa shape index (κ2) is 12.7. The number of rotatable bonds is 5. The van der Waals surface area contributed by atoms with Crippen LogP contribution in [0.25, 0.3) is 111 Å². The van der Waals surface area contributed by atoms with E-state index >= 15 is 0 Å². The van der Waals surface area contributed by atoms with Crippen LogP contribution in [-0.4, -0.2) is 38.9 Å². The molecule has 0 aliphatic heterocycles. The lowest BCUT2D eigenvalue weighted by atomic mass is 10.1. The van der Waals surface area contributed by atoms with Crippen molar-refractivity contribution in [1.82, 2.24) is 38.9 Å². The minimum atomic E-state index is 0.497. The molecular formula is C50H30N8. The summed E-state index contributed by atoms with van der Waals surface area (Å²) in [5, 5.41) is 5.60. The van der Waals surface area contributed by atoms with Crippen molar-refractivity contribution in [1.29, 1.82) is 0 Å². The molecular weight excluding hydrogens is 713 g/mol. The van der Waals surface area contributed by atoms with Gasteiger partial charge in [-0.05, 0) is 66.0 Å². The largest absolute Gasteiger partial charge is 0.292 e. The van der Waals surface area contributed by atoms with Gasteiger partial charge in [0.05, 0.1) is 33.5 Å². The number of aromatic nitrogens is 8. The van der Waals surface area contributed by atoms with E-state index in [-0.39, 0.29) is 0 Å². The van der Waals surface area contributed by atoms with Gasteiger partial charge in [-0.2, -0.15) is 9.97 Å². The van der Waals surface area contributed by atoms with E-state index in [0.717, 1.165) is 83.0 Å². The zero-order chi connectivity index (χ0) is 38.2. The highest BCUT2D eigenvalue weighted by molar-refractivity contribution is 6.20. The molecule has 0 aliphatic rings. The Morgan fingerprint density at radius 2 is 0.914 bits per heavy atom. The van der Waals surface area contributed by atoms with Crippen LogP contribution in [0, 0.1) is 0 Å². The number of hydrogen-bond acceptors (Lipinski definition) is 6. The Bertz CT molecular complexity index is 3470. The summed E-state index contributed by atoms with van der Waals surface area (Å²) in [6.45, 7) is 0. The number of pyridine rings is 3. The molecule has 0 fully saturated rings. The Kier molecular flexibility index (Phi) is 7.06. The molecule has 12 rings (SSSR count). The number of fused-ring (bicyclic) bond motifs is 12. The van der Waals surface area contributed by atoms with Crippen LogP contribution in [0.4, 0.5) is 0 Å². The summed E-state index contributed by atoms with van der Waals surface area (Å²) >= 11 is 0. The third-order valence-electron chi connectivity index (χ3n) is 11.0. The summed E-state index contributed by atoms with van der Waals surface area (Å²) in [4.78, 5) is 30.6. The van der Waals surface area contributed by atoms with Crippen molar-refractivity contribution < 1.29 is 0 Å². The predicted molar refractivity (Wildman–Crippen MR) is 233 cm³/mol. The van der Waals surface area contributed by atoms with Crippen LogP contribution in [0.15, 0.2) is 182 Å². The molecule has 0 saturated carbocycles. The Hall–Kier alpha value is -8.10. The topological polar surface area (TPSA) is 86.7 Å². The van der Waals surface area contributed by atoms with E-state index in [9.17, 15) is 0 Å². The highest BCUT2D eigenvalue weighted by atomic mass is 15.2. The molecule has 58 heavy (non-hydrogen) atoms. The molecule has 0 amide bonds. The summed E-state index contributed by atoms with van der Waals surface area (Å²) < 4.78 is 4.47. The molecule has 0 spiro atoms. The lowest BCUT2D eigenvalue weighted by molar-refractivity contribution is 0.954. The van der Waals surface area contributed by atoms with Crippen molar-refractivity contribution in [3.63, 3.8) is 0 Å². The first-order chi connectivity index (χ1) is 28.8. The summed E-state index contributed by atoms with van der Waals surface area (Å²) in [6, 6.07) is 58.3. The highest BCUT2D eigenvalue weighted by Gasteiger charge is 2.23. The summed E-state index contributed by atoms with van der Waals surface area (Å²) in [6.07, 6.45) is 3.62. The monoisotopic (exact) mass is 742 g/mol. The molecule has 12 aromatic rings. The molecule has 6 aromatic heterocycles. The molecule has 0 aliphatic carbocycles. The van der Waals surface area contributed by atoms with Gasteiger partial charge in [-0.3, -0.25) is 18.9 Å². The van der Waals surface area contributed by atoms with Crippen molar-refractivity contribution in [3.8, 4) is 51.2 Å². The van der Waals surface area contributed by atoms with E-state index < -0.39 is 0 Å². The zero-order valence-corrected chi connectivity index (χ0v) is 30.9. The molecule has 0 saturated heterocycles. The van der Waals surface area contributed by atoms with Gasteiger partial charge in [0.25, 0.3) is 0 Å². The van der Waals surface area contributed by atoms with Gasteiger partial charge >= 0.3 is 0 Å². The SMILES string of the molecule is c1ccc(-c2cccc(-c3nc(-c4cccc(-c5ccccn5)c4)nc(-n4c5ccccc5c5ccc6c(nc7c8ccccc8c8ccccc8n67)c54)n3)c2)nc1. The predicted octanol–water partition coefficient (Wildman–Crippen LogP) is 11.5. The van der Waals surface area contributed by atoms with E-state index in [0.29, 0.717) is 17.6 Å². The fraction of sp³-hybridized carbons (Fsp3) is 0. The summed E-state index contributed by atoms with van der Waals surface area (Å²) in [7, 11) is 0. The van der Waals surface area contributed by atoms with Gasteiger partial charge in [-0.25, -0.2) is 9.97 Å². The lowest BCUT2D eigenvalue weighted by Gasteiger charge is -2.12. The van der Waals surface area contributed by atoms with Crippen LogP contribution in [0.1, 0.15) is 0 Å². The van der Waals surface area contributed by atoms with Crippen LogP contribution >= 0.6 is 0 Å². The normalized spacial score (nSPS) is 11.8. The van der Waals surface area contributed by atoms with Crippen molar-refractivity contribution >= 4 is 60.2 Å². The maximum absolute atomic E-state index is 5.51. The Morgan fingerprint density at radius 1 is 0.362 bits per heavy atom. The molecule has 0 radical (unpaired) electrons. The van der Waals surface area contributed by atoms with Gasteiger partial charge < -0.3 is 0 Å². The fourth-order valence-electron chi connectivity index (χ4n) is 8.46. The molecule has 6 aromatic carbocycles. The average molecular weight is 743 g/mol. The van der Waals surface area contributed by atoms with Crippen LogP contribution in [0.3, 0.4) is 0 Å². The van der Waals surface area contributed by atoms with Crippen LogP contribution in [0.5, 0.6) is 0 Å². The fourth-order valence-corrected chi connectivity index (χ4v) is 8.46. The smallest absolute Gasteiger partial charge is 0.238 e. The second-order valence-corrected chi connectivity index (χ2v) is 14.4. The highest BCUT2D eigenvalue weighted by Crippen LogP contribution is 2.39. The maximum Gasteiger partial charge on any atom is 0.238 e. The Labute approximate surface area is 331 Å². The maximum atomic E-state index is 5.51. The first-order valence-corrected chi connectivity index (χ1v) is 19.2. The van der Waals surface area contributed by atoms with Crippen molar-refractivity contribution in [2.75, 3.05) is 0 Å². The quantitative estimate of drug-likeness (QED) is 0.163. The minimum absolute atomic E-state index is 0.497. The van der Waals surface area contributed by atoms with E-state index in [2.05, 4.69) is 128 Å². The number of hydrogen-bond donors (Lipinski definition) is 0. The number of imidazole rings is 1. The first kappa shape index (κ1) is 32.2. The third-order valence-corrected chi connectivity index (χ3v) is 11.0. The lowest BCUT2D eigenvalue weighted by Crippen LogP contribution is -2.06. The standard InChI is InChI=1S/C50H30N8/c1-2-20-39-35(17-1)36-18-3-5-23-42(36)57-44-26-25-38-37-19-4-6-24-43(37)58(46(38)45(44)53-49(39)57)50-55-47(33-15-11-13-31(29-33)40-21-7-9-27-51-40)54-48(56-50)34-16-12-14-32(30-34)41-22-8-10-28-52-41/h1-30H. The first-order valence-electron chi connectivity index (χ1n) is 19.2. The second-order valence-electron chi connectivity index (χ2n) is 14.4. The zero-order valence-electron chi connectivity index (χ0n) is 30.9. The van der Waals surface area contributed by atoms with Crippen molar-refractivity contribution in [2.45, 2.75) is 0 Å². The van der Waals surface area contributed by atoms with E-state index in [1.54, 1.807) is 0 Å². The summed E-state index contributed by atoms with van der Waals surface area (Å²) in [5.74, 6) is 1.59.